The Morgan fingerprint density at radius 1 is 1.06 bits per heavy atom. The van der Waals surface area contributed by atoms with Gasteiger partial charge in [-0.25, -0.2) is 0 Å². The number of hydrogen-bond acceptors (Lipinski definition) is 6. The summed E-state index contributed by atoms with van der Waals surface area (Å²) >= 11 is 0. The van der Waals surface area contributed by atoms with Gasteiger partial charge in [-0.05, 0) is 23.8 Å². The Morgan fingerprint density at radius 2 is 1.81 bits per heavy atom. The molecule has 0 aliphatic carbocycles. The number of aliphatic carboxylic acids is 1. The third kappa shape index (κ3) is 2.98. The third-order valence-electron chi connectivity index (χ3n) is 5.87. The van der Waals surface area contributed by atoms with Gasteiger partial charge in [0.05, 0.1) is 32.3 Å². The summed E-state index contributed by atoms with van der Waals surface area (Å²) in [4.78, 5) is 11.6. The Bertz CT molecular complexity index is 1220. The molecule has 8 heteroatoms. The van der Waals surface area contributed by atoms with Crippen LogP contribution in [-0.4, -0.2) is 39.2 Å². The topological polar surface area (TPSA) is 87.3 Å². The van der Waals surface area contributed by atoms with E-state index in [1.54, 1.807) is 21.3 Å². The molecule has 0 amide bonds. The number of carboxylic acid groups (broad SMARTS) is 1. The molecule has 1 atom stereocenters. The number of benzene rings is 2. The first-order valence-electron chi connectivity index (χ1n) is 9.86. The van der Waals surface area contributed by atoms with Crippen LogP contribution in [0.4, 0.5) is 0 Å². The van der Waals surface area contributed by atoms with Crippen LogP contribution in [0, 0.1) is 0 Å². The summed E-state index contributed by atoms with van der Waals surface area (Å²) < 4.78 is 29.9. The Kier molecular flexibility index (Phi) is 4.50. The van der Waals surface area contributed by atoms with Crippen LogP contribution in [0.25, 0.3) is 22.0 Å². The van der Waals surface area contributed by atoms with E-state index in [2.05, 4.69) is 0 Å². The molecule has 0 radical (unpaired) electrons. The number of rotatable bonds is 5. The van der Waals surface area contributed by atoms with Crippen molar-refractivity contribution in [1.82, 2.24) is 0 Å². The van der Waals surface area contributed by atoms with Crippen LogP contribution in [0.5, 0.6) is 28.7 Å². The van der Waals surface area contributed by atoms with Crippen LogP contribution in [0.1, 0.15) is 18.0 Å². The summed E-state index contributed by atoms with van der Waals surface area (Å²) in [6, 6.07) is 7.54. The highest BCUT2D eigenvalue weighted by Gasteiger charge is 2.36. The monoisotopic (exact) mass is 424 g/mol. The molecule has 2 aliphatic heterocycles. The highest BCUT2D eigenvalue weighted by molar-refractivity contribution is 5.94. The molecule has 0 fully saturated rings. The van der Waals surface area contributed by atoms with E-state index in [0.717, 1.165) is 27.6 Å². The number of hydrogen-bond donors (Lipinski definition) is 1. The second-order valence-electron chi connectivity index (χ2n) is 7.53. The van der Waals surface area contributed by atoms with Gasteiger partial charge in [0.1, 0.15) is 6.42 Å². The predicted octanol–water partition coefficient (Wildman–Crippen LogP) is 3.12. The first kappa shape index (κ1) is 19.3. The van der Waals surface area contributed by atoms with Gasteiger partial charge < -0.3 is 28.8 Å². The molecule has 3 aromatic rings. The maximum atomic E-state index is 11.6. The zero-order valence-electron chi connectivity index (χ0n) is 17.4. The second kappa shape index (κ2) is 7.23. The molecule has 1 N–H and O–H groups in total. The van der Waals surface area contributed by atoms with Gasteiger partial charge in [-0.3, -0.25) is 4.79 Å². The molecule has 31 heavy (non-hydrogen) atoms. The zero-order chi connectivity index (χ0) is 21.7. The van der Waals surface area contributed by atoms with Crippen molar-refractivity contribution in [2.75, 3.05) is 28.1 Å². The van der Waals surface area contributed by atoms with Gasteiger partial charge >= 0.3 is 5.97 Å². The summed E-state index contributed by atoms with van der Waals surface area (Å²) in [7, 11) is 4.72. The molecule has 5 rings (SSSR count). The molecule has 160 valence electrons. The van der Waals surface area contributed by atoms with Crippen LogP contribution in [0.15, 0.2) is 30.5 Å². The largest absolute Gasteiger partial charge is 0.493 e. The van der Waals surface area contributed by atoms with Gasteiger partial charge in [0, 0.05) is 17.9 Å². The van der Waals surface area contributed by atoms with Crippen molar-refractivity contribution in [2.45, 2.75) is 18.9 Å². The molecule has 0 saturated carbocycles. The molecule has 0 saturated heterocycles. The molecule has 0 spiro atoms. The fourth-order valence-electron chi connectivity index (χ4n) is 4.52. The predicted molar refractivity (Wildman–Crippen MR) is 110 cm³/mol. The fourth-order valence-corrected chi connectivity index (χ4v) is 4.52. The number of ether oxygens (including phenoxy) is 5. The van der Waals surface area contributed by atoms with Gasteiger partial charge in [0.15, 0.2) is 35.2 Å². The van der Waals surface area contributed by atoms with E-state index in [0.29, 0.717) is 35.2 Å². The van der Waals surface area contributed by atoms with Crippen LogP contribution in [-0.2, 0) is 11.2 Å². The summed E-state index contributed by atoms with van der Waals surface area (Å²) in [6.07, 6.45) is 2.53. The van der Waals surface area contributed by atoms with Crippen molar-refractivity contribution in [3.63, 3.8) is 0 Å². The maximum Gasteiger partial charge on any atom is 0.310 e. The summed E-state index contributed by atoms with van der Waals surface area (Å²) in [5.41, 5.74) is 2.88. The van der Waals surface area contributed by atoms with Gasteiger partial charge in [-0.2, -0.15) is 4.57 Å². The molecule has 8 nitrogen and oxygen atoms in total. The molecule has 2 aliphatic rings. The Hall–Kier alpha value is -3.68. The van der Waals surface area contributed by atoms with E-state index in [1.807, 2.05) is 35.0 Å². The normalized spacial score (nSPS) is 15.9. The number of methoxy groups -OCH3 is 3. The van der Waals surface area contributed by atoms with Crippen LogP contribution >= 0.6 is 0 Å². The first-order valence-corrected chi connectivity index (χ1v) is 9.86. The van der Waals surface area contributed by atoms with Crippen molar-refractivity contribution >= 4 is 16.7 Å². The molecule has 1 aromatic heterocycles. The first-order chi connectivity index (χ1) is 15.0. The minimum atomic E-state index is -0.849. The van der Waals surface area contributed by atoms with E-state index < -0.39 is 5.97 Å². The Labute approximate surface area is 178 Å². The number of carboxylic acids is 1. The maximum absolute atomic E-state index is 11.6. The Balaban J connectivity index is 1.81. The lowest BCUT2D eigenvalue weighted by Crippen LogP contribution is -2.46. The van der Waals surface area contributed by atoms with Crippen molar-refractivity contribution < 1.29 is 38.2 Å². The fraction of sp³-hybridized carbons (Fsp3) is 0.304. The highest BCUT2D eigenvalue weighted by Crippen LogP contribution is 2.46. The Morgan fingerprint density at radius 3 is 2.48 bits per heavy atom. The second-order valence-corrected chi connectivity index (χ2v) is 7.53. The van der Waals surface area contributed by atoms with Crippen LogP contribution in [0.2, 0.25) is 0 Å². The molecule has 2 aromatic carbocycles. The number of carbonyl (C=O) groups is 1. The quantitative estimate of drug-likeness (QED) is 0.630. The van der Waals surface area contributed by atoms with Crippen molar-refractivity contribution in [3.8, 4) is 40.0 Å². The summed E-state index contributed by atoms with van der Waals surface area (Å²) in [6.45, 7) is 0.180. The van der Waals surface area contributed by atoms with Gasteiger partial charge in [0.25, 0.3) is 0 Å². The molecule has 3 heterocycles. The standard InChI is InChI=1S/C23H21NO7/c1-27-20-6-13-10-24-14(7-21(25)26)4-12-5-18-19(31-11-30-18)9-15(12)17(24)8-16(13)22(28-2)23(20)29-3/h5-6,8-10,14H,4,7,11H2,1-3H3/p+1. The van der Waals surface area contributed by atoms with Crippen molar-refractivity contribution in [3.05, 3.63) is 36.0 Å². The molecular formula is C23H22NO7+. The average Bonchev–Trinajstić information content (AvgIpc) is 3.22. The minimum absolute atomic E-state index is 0.00147. The molecule has 1 unspecified atom stereocenters. The van der Waals surface area contributed by atoms with Crippen molar-refractivity contribution in [2.24, 2.45) is 0 Å². The number of nitrogens with zero attached hydrogens (tertiary/aromatic N) is 1. The van der Waals surface area contributed by atoms with E-state index in [9.17, 15) is 9.90 Å². The molecular weight excluding hydrogens is 402 g/mol. The third-order valence-corrected chi connectivity index (χ3v) is 5.87. The zero-order valence-corrected chi connectivity index (χ0v) is 17.4. The highest BCUT2D eigenvalue weighted by atomic mass is 16.7. The van der Waals surface area contributed by atoms with Crippen molar-refractivity contribution in [1.29, 1.82) is 0 Å². The SMILES string of the molecule is COc1cc2c[n+]3c(cc2c(OC)c1OC)-c1cc2c(cc1CC3CC(=O)O)OCO2. The van der Waals surface area contributed by atoms with Gasteiger partial charge in [0.2, 0.25) is 18.2 Å². The van der Waals surface area contributed by atoms with E-state index in [-0.39, 0.29) is 19.3 Å². The van der Waals surface area contributed by atoms with E-state index in [4.69, 9.17) is 23.7 Å². The number of aromatic nitrogens is 1. The minimum Gasteiger partial charge on any atom is -0.493 e. The molecule has 0 bridgehead atoms. The van der Waals surface area contributed by atoms with Crippen LogP contribution < -0.4 is 28.3 Å². The summed E-state index contributed by atoms with van der Waals surface area (Å²) in [5, 5.41) is 11.2. The van der Waals surface area contributed by atoms with E-state index in [1.165, 1.54) is 0 Å². The lowest BCUT2D eigenvalue weighted by Gasteiger charge is -2.23. The van der Waals surface area contributed by atoms with Crippen LogP contribution in [0.3, 0.4) is 0 Å². The number of fused-ring (bicyclic) bond motifs is 5. The lowest BCUT2D eigenvalue weighted by atomic mass is 9.89. The smallest absolute Gasteiger partial charge is 0.310 e. The lowest BCUT2D eigenvalue weighted by molar-refractivity contribution is -0.712. The average molecular weight is 424 g/mol. The van der Waals surface area contributed by atoms with E-state index >= 15 is 0 Å². The van der Waals surface area contributed by atoms with Gasteiger partial charge in [-0.1, -0.05) is 0 Å². The summed E-state index contributed by atoms with van der Waals surface area (Å²) in [5.74, 6) is 2.13. The number of pyridine rings is 1. The van der Waals surface area contributed by atoms with Gasteiger partial charge in [-0.15, -0.1) is 0 Å².